The van der Waals surface area contributed by atoms with Crippen molar-refractivity contribution in [3.05, 3.63) is 417 Å². The summed E-state index contributed by atoms with van der Waals surface area (Å²) in [6.45, 7) is 12.0. The van der Waals surface area contributed by atoms with Gasteiger partial charge in [0.15, 0.2) is 0 Å². The summed E-state index contributed by atoms with van der Waals surface area (Å²) >= 11 is 0. The Morgan fingerprint density at radius 1 is 0.233 bits per heavy atom. The van der Waals surface area contributed by atoms with E-state index in [0.717, 1.165) is 132 Å². The topological polar surface area (TPSA) is 25.2 Å². The van der Waals surface area contributed by atoms with Crippen molar-refractivity contribution in [3.63, 3.8) is 0 Å². The summed E-state index contributed by atoms with van der Waals surface area (Å²) in [7, 11) is 0. The highest BCUT2D eigenvalue weighted by molar-refractivity contribution is 7.00. The van der Waals surface area contributed by atoms with Crippen LogP contribution in [0.25, 0.3) is 198 Å². The molecule has 0 saturated carbocycles. The van der Waals surface area contributed by atoms with Crippen molar-refractivity contribution >= 4 is 177 Å². The molecule has 606 valence electrons. The van der Waals surface area contributed by atoms with Gasteiger partial charge in [-0.05, 0) is 216 Å². The van der Waals surface area contributed by atoms with Crippen molar-refractivity contribution < 1.29 is 26.0 Å². The number of aromatic nitrogens is 4. The fourth-order valence-electron chi connectivity index (χ4n) is 21.5. The number of fused-ring (bicyclic) bond motifs is 22. The van der Waals surface area contributed by atoms with Gasteiger partial charge in [0.1, 0.15) is 0 Å². The predicted molar refractivity (Wildman–Crippen MR) is 548 cm³/mol. The van der Waals surface area contributed by atoms with Gasteiger partial charge >= 0.3 is 0 Å². The molecule has 0 N–H and O–H groups in total. The van der Waals surface area contributed by atoms with Gasteiger partial charge in [0.05, 0.1) is 92.6 Å². The summed E-state index contributed by atoms with van der Waals surface area (Å²) < 4.78 is 198. The van der Waals surface area contributed by atoms with E-state index in [1.807, 2.05) is 115 Å². The van der Waals surface area contributed by atoms with Crippen LogP contribution in [-0.2, 0) is 10.8 Å². The van der Waals surface area contributed by atoms with Gasteiger partial charge < -0.3 is 27.7 Å². The van der Waals surface area contributed by atoms with E-state index in [-0.39, 0.29) is 89.9 Å². The summed E-state index contributed by atoms with van der Waals surface area (Å²) in [6.07, 6.45) is 0. The molecule has 27 rings (SSSR count). The Balaban J connectivity index is 0.876. The van der Waals surface area contributed by atoms with Gasteiger partial charge in [0.2, 0.25) is 0 Å². The monoisotopic (exact) mass is 1660 g/mol. The average Bonchev–Trinajstić information content (AvgIpc) is 1.63. The molecule has 0 fully saturated rings. The Morgan fingerprint density at radius 3 is 0.930 bits per heavy atom. The highest BCUT2D eigenvalue weighted by atomic mass is 15.2. The molecule has 0 bridgehead atoms. The molecular formula is C122H85BN6. The molecule has 0 spiro atoms. The lowest BCUT2D eigenvalue weighted by atomic mass is 9.33. The molecule has 0 radical (unpaired) electrons. The summed E-state index contributed by atoms with van der Waals surface area (Å²) in [5, 5.41) is 6.51. The second-order valence-corrected chi connectivity index (χ2v) is 36.5. The fraction of sp³-hybridized carbons (Fsp3) is 0.0656. The van der Waals surface area contributed by atoms with Crippen molar-refractivity contribution in [1.29, 1.82) is 0 Å². The van der Waals surface area contributed by atoms with E-state index in [1.54, 1.807) is 10.6 Å². The second-order valence-electron chi connectivity index (χ2n) is 36.5. The van der Waals surface area contributed by atoms with Gasteiger partial charge in [-0.2, -0.15) is 0 Å². The Hall–Kier alpha value is -16.0. The van der Waals surface area contributed by atoms with Crippen molar-refractivity contribution in [2.24, 2.45) is 0 Å². The third kappa shape index (κ3) is 10.7. The summed E-state index contributed by atoms with van der Waals surface area (Å²) in [5.74, 6) is 0. The molecule has 0 saturated heterocycles. The van der Waals surface area contributed by atoms with Gasteiger partial charge in [-0.25, -0.2) is 0 Å². The molecule has 0 unspecified atom stereocenters. The zero-order valence-corrected chi connectivity index (χ0v) is 71.0. The summed E-state index contributed by atoms with van der Waals surface area (Å²) in [5.41, 5.74) is 18.9. The third-order valence-corrected chi connectivity index (χ3v) is 27.3. The standard InChI is InChI=1S/C122H85BN6/c1-121(2,3)82-68-96(78-38-29-36-76(62-78)74-32-9-7-10-33-74)118(97(69-82)79-39-30-37-77(63-79)75-34-11-8-12-35-75)129-113-73-85(125-106-52-23-15-42-90(106)91-43-16-24-53-107(91)125)59-61-103(113)123-102-60-58-84(124-104-50-21-13-40-88(104)89-41-14-22-51-105(89)124)72-112(102)128(114-70-83(122(4,5)6)71-115(129)116(114)123)117-86(80-64-98-92-44-17-25-54-108(92)126-109-55-26-18-45-93(109)99(65-80)119(98)126)48-31-49-87(117)81-66-100-94-46-19-27-56-110(94)127-111-57-28-20-47-95(111)101(67-81)120(100)127/h7-73H,1-6H3/i13D,14D,15D,16D,21D,22D,23D,24D,31D,40D,41D,42D,43D,48D,49D,50D,51D,52D,53D. The Labute approximate surface area is 774 Å². The lowest BCUT2D eigenvalue weighted by molar-refractivity contribution is 0.590. The maximum absolute atomic E-state index is 11.5. The van der Waals surface area contributed by atoms with Crippen LogP contribution in [-0.4, -0.2) is 24.6 Å². The van der Waals surface area contributed by atoms with Crippen LogP contribution < -0.4 is 26.2 Å². The number of hydrogen-bond donors (Lipinski definition) is 0. The number of nitrogens with zero attached hydrogens (tertiary/aromatic N) is 6. The Bertz CT molecular complexity index is 9670. The number of hydrogen-bond acceptors (Lipinski definition) is 2. The molecule has 8 heterocycles. The smallest absolute Gasteiger partial charge is 0.252 e. The maximum atomic E-state index is 11.5. The molecule has 19 aromatic carbocycles. The predicted octanol–water partition coefficient (Wildman–Crippen LogP) is 30.9. The van der Waals surface area contributed by atoms with Crippen LogP contribution in [0.2, 0.25) is 0 Å². The first-order valence-electron chi connectivity index (χ1n) is 53.3. The molecule has 6 nitrogen and oxygen atoms in total. The zero-order chi connectivity index (χ0) is 102. The van der Waals surface area contributed by atoms with Gasteiger partial charge in [-0.15, -0.1) is 0 Å². The van der Waals surface area contributed by atoms with Gasteiger partial charge in [-0.3, -0.25) is 0 Å². The molecule has 0 aliphatic carbocycles. The van der Waals surface area contributed by atoms with Crippen molar-refractivity contribution in [2.45, 2.75) is 52.4 Å². The first-order valence-corrected chi connectivity index (χ1v) is 43.8. The largest absolute Gasteiger partial charge is 0.310 e. The lowest BCUT2D eigenvalue weighted by Gasteiger charge is -2.46. The molecule has 0 amide bonds. The minimum atomic E-state index is -1.00. The molecule has 2 aliphatic heterocycles. The summed E-state index contributed by atoms with van der Waals surface area (Å²) in [6, 6.07) is 89.3. The van der Waals surface area contributed by atoms with Crippen LogP contribution in [0, 0.1) is 0 Å². The van der Waals surface area contributed by atoms with Crippen LogP contribution in [0.3, 0.4) is 0 Å². The van der Waals surface area contributed by atoms with Crippen LogP contribution in [0.4, 0.5) is 34.1 Å². The minimum Gasteiger partial charge on any atom is -0.310 e. The average molecular weight is 1660 g/mol. The molecule has 2 aliphatic rings. The molecule has 6 aromatic heterocycles. The van der Waals surface area contributed by atoms with Crippen LogP contribution in [0.15, 0.2) is 406 Å². The fourth-order valence-corrected chi connectivity index (χ4v) is 21.5. The second kappa shape index (κ2) is 27.3. The minimum absolute atomic E-state index is 0.108. The highest BCUT2D eigenvalue weighted by Gasteiger charge is 2.47. The van der Waals surface area contributed by atoms with E-state index in [4.69, 9.17) is 0 Å². The first kappa shape index (κ1) is 56.8. The Morgan fingerprint density at radius 2 is 0.558 bits per heavy atom. The van der Waals surface area contributed by atoms with Crippen LogP contribution in [0.1, 0.15) is 78.7 Å². The van der Waals surface area contributed by atoms with Crippen molar-refractivity contribution in [2.75, 3.05) is 9.80 Å². The van der Waals surface area contributed by atoms with E-state index in [0.29, 0.717) is 56.0 Å². The number of benzene rings is 19. The van der Waals surface area contributed by atoms with Gasteiger partial charge in [-0.1, -0.05) is 314 Å². The molecule has 25 aromatic rings. The highest BCUT2D eigenvalue weighted by Crippen LogP contribution is 2.58. The quantitative estimate of drug-likeness (QED) is 0.128. The Kier molecular flexibility index (Phi) is 12.0. The molecular weight excluding hydrogens is 1560 g/mol. The van der Waals surface area contributed by atoms with Gasteiger partial charge in [0, 0.05) is 121 Å². The maximum Gasteiger partial charge on any atom is 0.252 e. The van der Waals surface area contributed by atoms with Crippen molar-refractivity contribution in [3.8, 4) is 78.1 Å². The van der Waals surface area contributed by atoms with Crippen molar-refractivity contribution in [1.82, 2.24) is 17.9 Å². The number of anilines is 6. The first-order chi connectivity index (χ1) is 71.2. The number of rotatable bonds is 10. The number of para-hydroxylation sites is 9. The van der Waals surface area contributed by atoms with E-state index in [9.17, 15) is 26.0 Å². The lowest BCUT2D eigenvalue weighted by Crippen LogP contribution is -2.61. The van der Waals surface area contributed by atoms with E-state index in [1.165, 1.54) is 4.57 Å². The van der Waals surface area contributed by atoms with E-state index < -0.39 is 114 Å². The molecule has 129 heavy (non-hydrogen) atoms. The zero-order valence-electron chi connectivity index (χ0n) is 90.0. The molecule has 0 atom stereocenters. The van der Waals surface area contributed by atoms with E-state index in [2.05, 4.69) is 230 Å². The summed E-state index contributed by atoms with van der Waals surface area (Å²) in [4.78, 5) is 4.46. The SMILES string of the molecule is [2H]c1c([2H])c(-c2cc3c4ccccc4n4c5ccccc5c(c2)c34)c(N2c3cc(-n4c5c([2H])c([2H])c([2H])c([2H])c5c5c([2H])c([2H])c([2H])c([2H])c54)ccc3B3c4ccc(-n5c6c([2H])c([2H])c([2H])c([2H])c6c6c([2H])c([2H])c([2H])c([2H])c65)cc4N(c4c(-c5cccc(-c6ccccc6)c5)cc(C(C)(C)C)cc4-c4cccc(-c5ccccc5)c4)c4cc(C(C)(C)C)cc2c43)c(-c2cc3c4ccccc4n4c5ccccc5c(c2)c34)c1[2H]. The van der Waals surface area contributed by atoms with Crippen LogP contribution >= 0.6 is 0 Å². The van der Waals surface area contributed by atoms with E-state index >= 15 is 0 Å². The molecule has 7 heteroatoms. The van der Waals surface area contributed by atoms with Crippen LogP contribution in [0.5, 0.6) is 0 Å². The third-order valence-electron chi connectivity index (χ3n) is 27.3. The normalized spacial score (nSPS) is 15.1. The van der Waals surface area contributed by atoms with Gasteiger partial charge in [0.25, 0.3) is 6.71 Å².